The average Bonchev–Trinajstić information content (AvgIpc) is 2.90. The molecular formula is C19H25BrN2O3S. The SMILES string of the molecule is CCOC(=O)Cc1csc(NC(=O)CC23C[C@@H]4C[C@H](CC(Br)(C4)C2)C3)n1. The minimum absolute atomic E-state index is 0.0556. The van der Waals surface area contributed by atoms with Crippen molar-refractivity contribution in [1.82, 2.24) is 4.98 Å². The predicted octanol–water partition coefficient (Wildman–Crippen LogP) is 4.31. The van der Waals surface area contributed by atoms with Crippen molar-refractivity contribution in [3.8, 4) is 0 Å². The van der Waals surface area contributed by atoms with Gasteiger partial charge in [0.15, 0.2) is 5.13 Å². The molecule has 0 spiro atoms. The molecule has 1 N–H and O–H groups in total. The third-order valence-corrected chi connectivity index (χ3v) is 7.81. The molecule has 0 unspecified atom stereocenters. The van der Waals surface area contributed by atoms with Gasteiger partial charge in [0.05, 0.1) is 18.7 Å². The Labute approximate surface area is 166 Å². The van der Waals surface area contributed by atoms with E-state index < -0.39 is 0 Å². The first-order valence-corrected chi connectivity index (χ1v) is 11.1. The molecule has 1 heterocycles. The van der Waals surface area contributed by atoms with Crippen molar-refractivity contribution in [2.75, 3.05) is 11.9 Å². The van der Waals surface area contributed by atoms with Gasteiger partial charge in [-0.2, -0.15) is 0 Å². The van der Waals surface area contributed by atoms with Crippen molar-refractivity contribution in [3.05, 3.63) is 11.1 Å². The van der Waals surface area contributed by atoms with Crippen molar-refractivity contribution < 1.29 is 14.3 Å². The number of alkyl halides is 1. The maximum absolute atomic E-state index is 12.7. The summed E-state index contributed by atoms with van der Waals surface area (Å²) in [6, 6.07) is 0. The van der Waals surface area contributed by atoms with Gasteiger partial charge in [-0.15, -0.1) is 11.3 Å². The number of rotatable bonds is 6. The number of anilines is 1. The molecule has 4 aliphatic carbocycles. The number of aromatic nitrogens is 1. The highest BCUT2D eigenvalue weighted by Crippen LogP contribution is 2.65. The molecule has 26 heavy (non-hydrogen) atoms. The maximum atomic E-state index is 12.7. The molecule has 0 saturated heterocycles. The Kier molecular flexibility index (Phi) is 4.88. The molecule has 142 valence electrons. The van der Waals surface area contributed by atoms with E-state index in [9.17, 15) is 9.59 Å². The Bertz CT molecular complexity index is 705. The van der Waals surface area contributed by atoms with Gasteiger partial charge in [-0.3, -0.25) is 9.59 Å². The summed E-state index contributed by atoms with van der Waals surface area (Å²) in [4.78, 5) is 28.6. The zero-order valence-corrected chi connectivity index (χ0v) is 17.5. The minimum atomic E-state index is -0.285. The molecule has 1 aromatic rings. The number of nitrogens with zero attached hydrogens (tertiary/aromatic N) is 1. The van der Waals surface area contributed by atoms with E-state index >= 15 is 0 Å². The highest BCUT2D eigenvalue weighted by atomic mass is 79.9. The molecule has 4 saturated carbocycles. The standard InChI is InChI=1S/C19H25BrN2O3S/c1-2-25-16(24)4-14-10-26-17(21-14)22-15(23)9-18-5-12-3-13(6-18)8-19(20,7-12)11-18/h10,12-13H,2-9,11H2,1H3,(H,21,22,23)/t12-,13-,18?,19?/m0/s1. The Morgan fingerprint density at radius 2 is 2.08 bits per heavy atom. The molecule has 5 nitrogen and oxygen atoms in total. The summed E-state index contributed by atoms with van der Waals surface area (Å²) in [5.41, 5.74) is 0.806. The summed E-state index contributed by atoms with van der Waals surface area (Å²) in [5.74, 6) is 1.32. The summed E-state index contributed by atoms with van der Waals surface area (Å²) in [5, 5.41) is 5.34. The molecule has 0 radical (unpaired) electrons. The molecule has 4 aliphatic rings. The van der Waals surface area contributed by atoms with E-state index in [4.69, 9.17) is 4.74 Å². The van der Waals surface area contributed by atoms with E-state index in [1.165, 1.54) is 43.4 Å². The number of hydrogen-bond acceptors (Lipinski definition) is 5. The lowest BCUT2D eigenvalue weighted by molar-refractivity contribution is -0.142. The van der Waals surface area contributed by atoms with Crippen molar-refractivity contribution in [3.63, 3.8) is 0 Å². The lowest BCUT2D eigenvalue weighted by Gasteiger charge is -2.60. The van der Waals surface area contributed by atoms with Crippen LogP contribution in [0.25, 0.3) is 0 Å². The number of halogens is 1. The van der Waals surface area contributed by atoms with Gasteiger partial charge in [-0.05, 0) is 62.7 Å². The monoisotopic (exact) mass is 440 g/mol. The minimum Gasteiger partial charge on any atom is -0.466 e. The van der Waals surface area contributed by atoms with Crippen LogP contribution in [0.5, 0.6) is 0 Å². The quantitative estimate of drug-likeness (QED) is 0.528. The van der Waals surface area contributed by atoms with Crippen LogP contribution in [-0.2, 0) is 20.7 Å². The van der Waals surface area contributed by atoms with Crippen LogP contribution in [0.2, 0.25) is 0 Å². The van der Waals surface area contributed by atoms with Crippen LogP contribution in [-0.4, -0.2) is 27.8 Å². The van der Waals surface area contributed by atoms with Crippen molar-refractivity contribution in [1.29, 1.82) is 0 Å². The Morgan fingerprint density at radius 3 is 2.73 bits per heavy atom. The zero-order valence-electron chi connectivity index (χ0n) is 15.1. The molecule has 4 bridgehead atoms. The summed E-state index contributed by atoms with van der Waals surface area (Å²) in [6.07, 6.45) is 8.13. The first-order valence-electron chi connectivity index (χ1n) is 9.46. The molecular weight excluding hydrogens is 416 g/mol. The van der Waals surface area contributed by atoms with Crippen molar-refractivity contribution in [2.45, 2.75) is 62.6 Å². The van der Waals surface area contributed by atoms with E-state index in [0.29, 0.717) is 23.9 Å². The second kappa shape index (κ2) is 6.89. The van der Waals surface area contributed by atoms with E-state index in [1.807, 2.05) is 5.38 Å². The fourth-order valence-corrected chi connectivity index (χ4v) is 8.09. The molecule has 1 aromatic heterocycles. The number of carbonyl (C=O) groups is 2. The van der Waals surface area contributed by atoms with Crippen LogP contribution in [0.15, 0.2) is 5.38 Å². The Balaban J connectivity index is 1.36. The van der Waals surface area contributed by atoms with Gasteiger partial charge < -0.3 is 10.1 Å². The van der Waals surface area contributed by atoms with Crippen LogP contribution in [0.4, 0.5) is 5.13 Å². The third-order valence-electron chi connectivity index (χ3n) is 6.08. The van der Waals surface area contributed by atoms with Gasteiger partial charge in [-0.1, -0.05) is 15.9 Å². The fraction of sp³-hybridized carbons (Fsp3) is 0.737. The fourth-order valence-electron chi connectivity index (χ4n) is 5.85. The third kappa shape index (κ3) is 3.84. The van der Waals surface area contributed by atoms with Gasteiger partial charge in [-0.25, -0.2) is 4.98 Å². The normalized spacial score (nSPS) is 34.7. The number of thiazole rings is 1. The largest absolute Gasteiger partial charge is 0.466 e. The number of esters is 1. The van der Waals surface area contributed by atoms with Crippen molar-refractivity contribution in [2.24, 2.45) is 17.3 Å². The second-order valence-corrected chi connectivity index (χ2v) is 11.0. The molecule has 7 heteroatoms. The molecule has 5 rings (SSSR count). The zero-order chi connectivity index (χ0) is 18.4. The second-order valence-electron chi connectivity index (χ2n) is 8.46. The van der Waals surface area contributed by atoms with Crippen LogP contribution in [0.1, 0.15) is 57.6 Å². The average molecular weight is 441 g/mol. The maximum Gasteiger partial charge on any atom is 0.311 e. The first-order chi connectivity index (χ1) is 12.4. The van der Waals surface area contributed by atoms with Crippen molar-refractivity contribution >= 4 is 44.3 Å². The number of amides is 1. The Hall–Kier alpha value is -0.950. The highest BCUT2D eigenvalue weighted by molar-refractivity contribution is 9.10. The summed E-state index contributed by atoms with van der Waals surface area (Å²) in [7, 11) is 0. The van der Waals surface area contributed by atoms with E-state index in [1.54, 1.807) is 6.92 Å². The predicted molar refractivity (Wildman–Crippen MR) is 104 cm³/mol. The van der Waals surface area contributed by atoms with Gasteiger partial charge in [0.2, 0.25) is 5.91 Å². The van der Waals surface area contributed by atoms with E-state index in [2.05, 4.69) is 26.2 Å². The number of nitrogens with one attached hydrogen (secondary N) is 1. The summed E-state index contributed by atoms with van der Waals surface area (Å²) in [6.45, 7) is 2.15. The smallest absolute Gasteiger partial charge is 0.311 e. The van der Waals surface area contributed by atoms with Crippen LogP contribution in [0, 0.1) is 17.3 Å². The van der Waals surface area contributed by atoms with Crippen LogP contribution >= 0.6 is 27.3 Å². The van der Waals surface area contributed by atoms with E-state index in [0.717, 1.165) is 18.3 Å². The summed E-state index contributed by atoms with van der Waals surface area (Å²) >= 11 is 5.37. The number of ether oxygens (including phenoxy) is 1. The first kappa shape index (κ1) is 18.4. The lowest BCUT2D eigenvalue weighted by Crippen LogP contribution is -2.53. The van der Waals surface area contributed by atoms with Crippen LogP contribution in [0.3, 0.4) is 0 Å². The molecule has 0 aromatic carbocycles. The van der Waals surface area contributed by atoms with E-state index in [-0.39, 0.29) is 28.0 Å². The number of carbonyl (C=O) groups excluding carboxylic acids is 2. The molecule has 4 fully saturated rings. The van der Waals surface area contributed by atoms with Gasteiger partial charge in [0.1, 0.15) is 0 Å². The molecule has 0 aliphatic heterocycles. The summed E-state index contributed by atoms with van der Waals surface area (Å²) < 4.78 is 5.21. The Morgan fingerprint density at radius 1 is 1.35 bits per heavy atom. The van der Waals surface area contributed by atoms with Gasteiger partial charge >= 0.3 is 5.97 Å². The van der Waals surface area contributed by atoms with Gasteiger partial charge in [0.25, 0.3) is 0 Å². The molecule has 1 amide bonds. The lowest BCUT2D eigenvalue weighted by atomic mass is 9.48. The topological polar surface area (TPSA) is 68.3 Å². The highest BCUT2D eigenvalue weighted by Gasteiger charge is 2.57. The molecule has 2 atom stereocenters. The van der Waals surface area contributed by atoms with Gasteiger partial charge in [0, 0.05) is 16.1 Å². The van der Waals surface area contributed by atoms with Crippen LogP contribution < -0.4 is 5.32 Å². The number of hydrogen-bond donors (Lipinski definition) is 1.